The summed E-state index contributed by atoms with van der Waals surface area (Å²) in [6.45, 7) is 6.25. The molecule has 16 heavy (non-hydrogen) atoms. The van der Waals surface area contributed by atoms with Crippen LogP contribution >= 0.6 is 0 Å². The first-order valence-corrected chi connectivity index (χ1v) is 5.94. The number of rotatable bonds is 4. The summed E-state index contributed by atoms with van der Waals surface area (Å²) in [5.74, 6) is -0.367. The molecule has 0 aromatic carbocycles. The van der Waals surface area contributed by atoms with Crippen molar-refractivity contribution in [2.75, 3.05) is 0 Å². The summed E-state index contributed by atoms with van der Waals surface area (Å²) in [7, 11) is 0. The normalized spacial score (nSPS) is 32.7. The van der Waals surface area contributed by atoms with Crippen molar-refractivity contribution in [2.24, 2.45) is 17.8 Å². The minimum absolute atomic E-state index is 0.255. The fraction of sp³-hybridized carbons (Fsp3) is 0.917. The third kappa shape index (κ3) is 3.44. The number of hydrogen-bond acceptors (Lipinski definition) is 2. The monoisotopic (exact) mass is 232 g/mol. The van der Waals surface area contributed by atoms with Gasteiger partial charge in [0.1, 0.15) is 0 Å². The third-order valence-electron chi connectivity index (χ3n) is 3.45. The van der Waals surface area contributed by atoms with Gasteiger partial charge in [0.15, 0.2) is 0 Å². The standard InChI is InChI=1S/C12H21FO3/c1-7(2)9-5-4-8(3)6-10(9)16-11(13)12(14)15/h7-11H,4-6H2,1-3H3,(H,14,15). The topological polar surface area (TPSA) is 46.5 Å². The molecular weight excluding hydrogens is 211 g/mol. The zero-order valence-electron chi connectivity index (χ0n) is 10.1. The fourth-order valence-corrected chi connectivity index (χ4v) is 2.48. The number of alkyl halides is 1. The molecule has 0 heterocycles. The Hall–Kier alpha value is -0.640. The molecule has 0 aliphatic heterocycles. The van der Waals surface area contributed by atoms with Crippen molar-refractivity contribution in [3.63, 3.8) is 0 Å². The van der Waals surface area contributed by atoms with Gasteiger partial charge in [0.2, 0.25) is 0 Å². The van der Waals surface area contributed by atoms with E-state index < -0.39 is 12.3 Å². The summed E-state index contributed by atoms with van der Waals surface area (Å²) in [4.78, 5) is 10.4. The van der Waals surface area contributed by atoms with Crippen LogP contribution in [0.5, 0.6) is 0 Å². The van der Waals surface area contributed by atoms with Gasteiger partial charge in [-0.2, -0.15) is 0 Å². The van der Waals surface area contributed by atoms with Crippen LogP contribution in [0.2, 0.25) is 0 Å². The number of ether oxygens (including phenoxy) is 1. The van der Waals surface area contributed by atoms with Crippen molar-refractivity contribution in [3.8, 4) is 0 Å². The van der Waals surface area contributed by atoms with Crippen molar-refractivity contribution in [2.45, 2.75) is 52.5 Å². The van der Waals surface area contributed by atoms with Gasteiger partial charge in [-0.1, -0.05) is 27.2 Å². The van der Waals surface area contributed by atoms with E-state index in [2.05, 4.69) is 20.8 Å². The summed E-state index contributed by atoms with van der Waals surface area (Å²) in [5, 5.41) is 8.50. The van der Waals surface area contributed by atoms with E-state index in [1.807, 2.05) is 0 Å². The summed E-state index contributed by atoms with van der Waals surface area (Å²) in [6.07, 6.45) is 0.436. The second kappa shape index (κ2) is 5.62. The lowest BCUT2D eigenvalue weighted by atomic mass is 9.75. The predicted molar refractivity (Wildman–Crippen MR) is 58.7 cm³/mol. The van der Waals surface area contributed by atoms with E-state index >= 15 is 0 Å². The number of carboxylic acid groups (broad SMARTS) is 1. The van der Waals surface area contributed by atoms with Gasteiger partial charge in [0.05, 0.1) is 6.10 Å². The van der Waals surface area contributed by atoms with Gasteiger partial charge in [-0.15, -0.1) is 0 Å². The molecule has 1 saturated carbocycles. The molecule has 0 spiro atoms. The molecule has 0 saturated heterocycles. The van der Waals surface area contributed by atoms with Crippen molar-refractivity contribution in [1.82, 2.24) is 0 Å². The average molecular weight is 232 g/mol. The Labute approximate surface area is 96.0 Å². The largest absolute Gasteiger partial charge is 0.477 e. The highest BCUT2D eigenvalue weighted by atomic mass is 19.1. The molecule has 1 aliphatic rings. The van der Waals surface area contributed by atoms with Crippen LogP contribution < -0.4 is 0 Å². The highest BCUT2D eigenvalue weighted by molar-refractivity contribution is 5.70. The molecule has 1 fully saturated rings. The Morgan fingerprint density at radius 1 is 1.44 bits per heavy atom. The Kier molecular flexibility index (Phi) is 4.71. The molecule has 4 unspecified atom stereocenters. The quantitative estimate of drug-likeness (QED) is 0.810. The summed E-state index contributed by atoms with van der Waals surface area (Å²) < 4.78 is 18.1. The molecule has 4 heteroatoms. The number of aliphatic carboxylic acids is 1. The van der Waals surface area contributed by atoms with E-state index in [0.29, 0.717) is 11.8 Å². The van der Waals surface area contributed by atoms with Gasteiger partial charge in [0.25, 0.3) is 6.36 Å². The fourth-order valence-electron chi connectivity index (χ4n) is 2.48. The van der Waals surface area contributed by atoms with Crippen LogP contribution in [-0.2, 0) is 9.53 Å². The second-order valence-corrected chi connectivity index (χ2v) is 5.15. The van der Waals surface area contributed by atoms with Crippen LogP contribution in [0, 0.1) is 17.8 Å². The first kappa shape index (κ1) is 13.4. The van der Waals surface area contributed by atoms with Crippen LogP contribution in [0.3, 0.4) is 0 Å². The van der Waals surface area contributed by atoms with E-state index in [1.165, 1.54) is 0 Å². The van der Waals surface area contributed by atoms with E-state index in [4.69, 9.17) is 9.84 Å². The van der Waals surface area contributed by atoms with Crippen molar-refractivity contribution in [3.05, 3.63) is 0 Å². The molecule has 0 radical (unpaired) electrons. The maximum absolute atomic E-state index is 13.1. The van der Waals surface area contributed by atoms with E-state index in [1.54, 1.807) is 0 Å². The first-order chi connectivity index (χ1) is 7.41. The van der Waals surface area contributed by atoms with Crippen molar-refractivity contribution >= 4 is 5.97 Å². The van der Waals surface area contributed by atoms with Gasteiger partial charge < -0.3 is 9.84 Å². The molecule has 0 bridgehead atoms. The summed E-state index contributed by atoms with van der Waals surface area (Å²) in [5.41, 5.74) is 0. The Morgan fingerprint density at radius 2 is 2.06 bits per heavy atom. The molecule has 0 amide bonds. The number of hydrogen-bond donors (Lipinski definition) is 1. The van der Waals surface area contributed by atoms with Crippen molar-refractivity contribution < 1.29 is 19.0 Å². The highest BCUT2D eigenvalue weighted by Crippen LogP contribution is 2.35. The van der Waals surface area contributed by atoms with Crippen LogP contribution in [0.15, 0.2) is 0 Å². The lowest BCUT2D eigenvalue weighted by Gasteiger charge is -2.37. The number of carbonyl (C=O) groups is 1. The van der Waals surface area contributed by atoms with Crippen LogP contribution in [0.4, 0.5) is 4.39 Å². The minimum atomic E-state index is -2.18. The SMILES string of the molecule is CC1CCC(C(C)C)C(OC(F)C(=O)O)C1. The zero-order valence-corrected chi connectivity index (χ0v) is 10.1. The van der Waals surface area contributed by atoms with E-state index in [9.17, 15) is 9.18 Å². The van der Waals surface area contributed by atoms with Gasteiger partial charge >= 0.3 is 5.97 Å². The Bertz CT molecular complexity index is 242. The molecule has 1 N–H and O–H groups in total. The van der Waals surface area contributed by atoms with Crippen molar-refractivity contribution in [1.29, 1.82) is 0 Å². The molecule has 1 aliphatic carbocycles. The third-order valence-corrected chi connectivity index (χ3v) is 3.45. The molecule has 4 atom stereocenters. The van der Waals surface area contributed by atoms with Crippen LogP contribution in [0.25, 0.3) is 0 Å². The lowest BCUT2D eigenvalue weighted by Crippen LogP contribution is -2.37. The van der Waals surface area contributed by atoms with E-state index in [-0.39, 0.29) is 12.0 Å². The summed E-state index contributed by atoms with van der Waals surface area (Å²) >= 11 is 0. The smallest absolute Gasteiger partial charge is 0.366 e. The maximum atomic E-state index is 13.1. The van der Waals surface area contributed by atoms with Crippen LogP contribution in [0.1, 0.15) is 40.0 Å². The number of carboxylic acids is 1. The average Bonchev–Trinajstić information content (AvgIpc) is 2.16. The molecular formula is C12H21FO3. The Morgan fingerprint density at radius 3 is 2.56 bits per heavy atom. The molecule has 3 nitrogen and oxygen atoms in total. The number of halogens is 1. The Balaban J connectivity index is 2.60. The predicted octanol–water partition coefficient (Wildman–Crippen LogP) is 2.84. The molecule has 1 rings (SSSR count). The highest BCUT2D eigenvalue weighted by Gasteiger charge is 2.34. The minimum Gasteiger partial charge on any atom is -0.477 e. The van der Waals surface area contributed by atoms with Crippen LogP contribution in [-0.4, -0.2) is 23.5 Å². The van der Waals surface area contributed by atoms with Gasteiger partial charge in [-0.3, -0.25) is 0 Å². The molecule has 0 aromatic rings. The maximum Gasteiger partial charge on any atom is 0.366 e. The first-order valence-electron chi connectivity index (χ1n) is 5.94. The molecule has 94 valence electrons. The van der Waals surface area contributed by atoms with Gasteiger partial charge in [0, 0.05) is 0 Å². The second-order valence-electron chi connectivity index (χ2n) is 5.15. The summed E-state index contributed by atoms with van der Waals surface area (Å²) in [6, 6.07) is 0. The van der Waals surface area contributed by atoms with Gasteiger partial charge in [-0.05, 0) is 30.6 Å². The lowest BCUT2D eigenvalue weighted by molar-refractivity contribution is -0.180. The van der Waals surface area contributed by atoms with Gasteiger partial charge in [-0.25, -0.2) is 9.18 Å². The zero-order chi connectivity index (χ0) is 12.3. The molecule has 0 aromatic heterocycles. The van der Waals surface area contributed by atoms with E-state index in [0.717, 1.165) is 19.3 Å².